The Morgan fingerprint density at radius 2 is 2.14 bits per heavy atom. The predicted molar refractivity (Wildman–Crippen MR) is 81.0 cm³/mol. The van der Waals surface area contributed by atoms with Crippen LogP contribution in [0.1, 0.15) is 17.0 Å². The molecule has 1 aromatic carbocycles. The van der Waals surface area contributed by atoms with Crippen molar-refractivity contribution >= 4 is 5.69 Å². The molecule has 1 aromatic heterocycles. The Morgan fingerprint density at radius 1 is 1.41 bits per heavy atom. The van der Waals surface area contributed by atoms with Crippen LogP contribution in [0.2, 0.25) is 0 Å². The van der Waals surface area contributed by atoms with E-state index in [1.165, 1.54) is 12.1 Å². The van der Waals surface area contributed by atoms with Gasteiger partial charge < -0.3 is 9.84 Å². The third kappa shape index (κ3) is 3.62. The van der Waals surface area contributed by atoms with Gasteiger partial charge in [0.15, 0.2) is 0 Å². The van der Waals surface area contributed by atoms with Gasteiger partial charge in [-0.15, -0.1) is 0 Å². The van der Waals surface area contributed by atoms with E-state index in [0.717, 1.165) is 17.0 Å². The Balaban J connectivity index is 1.95. The van der Waals surface area contributed by atoms with Gasteiger partial charge in [-0.25, -0.2) is 0 Å². The highest BCUT2D eigenvalue weighted by molar-refractivity contribution is 5.37. The molecule has 7 nitrogen and oxygen atoms in total. The number of nitro groups is 1. The Hall–Kier alpha value is -2.41. The normalized spacial score (nSPS) is 12.2. The molecule has 0 radical (unpaired) electrons. The molecule has 2 aromatic rings. The largest absolute Gasteiger partial charge is 0.491 e. The maximum Gasteiger partial charge on any atom is 0.273 e. The summed E-state index contributed by atoms with van der Waals surface area (Å²) >= 11 is 0. The van der Waals surface area contributed by atoms with Crippen LogP contribution in [0, 0.1) is 30.9 Å². The zero-order chi connectivity index (χ0) is 16.3. The molecule has 0 saturated carbocycles. The minimum absolute atomic E-state index is 0.0402. The smallest absolute Gasteiger partial charge is 0.273 e. The van der Waals surface area contributed by atoms with Gasteiger partial charge in [0.1, 0.15) is 18.5 Å². The molecule has 0 aliphatic rings. The standard InChI is InChI=1S/C15H19N3O4/c1-10-11(2)16-17(12(10)3)8-14(19)9-22-15-6-4-5-13(7-15)18(20)21/h4-7,14,19H,8-9H2,1-3H3. The lowest BCUT2D eigenvalue weighted by molar-refractivity contribution is -0.384. The average Bonchev–Trinajstić information content (AvgIpc) is 2.73. The maximum absolute atomic E-state index is 10.7. The maximum atomic E-state index is 10.7. The van der Waals surface area contributed by atoms with Crippen LogP contribution in [0.5, 0.6) is 5.75 Å². The van der Waals surface area contributed by atoms with Crippen LogP contribution >= 0.6 is 0 Å². The quantitative estimate of drug-likeness (QED) is 0.652. The lowest BCUT2D eigenvalue weighted by Gasteiger charge is -2.13. The second-order valence-corrected chi connectivity index (χ2v) is 5.20. The molecule has 0 bridgehead atoms. The summed E-state index contributed by atoms with van der Waals surface area (Å²) in [7, 11) is 0. The number of benzene rings is 1. The zero-order valence-electron chi connectivity index (χ0n) is 12.8. The third-order valence-corrected chi connectivity index (χ3v) is 3.60. The van der Waals surface area contributed by atoms with Gasteiger partial charge in [-0.1, -0.05) is 6.07 Å². The number of aliphatic hydroxyl groups is 1. The van der Waals surface area contributed by atoms with E-state index in [4.69, 9.17) is 4.74 Å². The topological polar surface area (TPSA) is 90.4 Å². The number of aromatic nitrogens is 2. The Morgan fingerprint density at radius 3 is 2.73 bits per heavy atom. The Bertz CT molecular complexity index is 681. The molecule has 0 aliphatic carbocycles. The molecule has 1 N–H and O–H groups in total. The van der Waals surface area contributed by atoms with E-state index in [1.807, 2.05) is 20.8 Å². The summed E-state index contributed by atoms with van der Waals surface area (Å²) in [6, 6.07) is 5.89. The van der Waals surface area contributed by atoms with Crippen LogP contribution in [0.25, 0.3) is 0 Å². The summed E-state index contributed by atoms with van der Waals surface area (Å²) in [5, 5.41) is 25.1. The minimum atomic E-state index is -0.753. The molecule has 22 heavy (non-hydrogen) atoms. The fourth-order valence-corrected chi connectivity index (χ4v) is 2.10. The van der Waals surface area contributed by atoms with E-state index >= 15 is 0 Å². The first-order valence-electron chi connectivity index (χ1n) is 6.94. The number of nitrogens with zero attached hydrogens (tertiary/aromatic N) is 3. The fourth-order valence-electron chi connectivity index (χ4n) is 2.10. The second kappa shape index (κ2) is 6.57. The number of hydrogen-bond acceptors (Lipinski definition) is 5. The monoisotopic (exact) mass is 305 g/mol. The Kier molecular flexibility index (Phi) is 4.77. The van der Waals surface area contributed by atoms with E-state index in [2.05, 4.69) is 5.10 Å². The van der Waals surface area contributed by atoms with Crippen LogP contribution in [0.3, 0.4) is 0 Å². The summed E-state index contributed by atoms with van der Waals surface area (Å²) in [5.74, 6) is 0.359. The second-order valence-electron chi connectivity index (χ2n) is 5.20. The highest BCUT2D eigenvalue weighted by Crippen LogP contribution is 2.19. The van der Waals surface area contributed by atoms with Gasteiger partial charge in [0, 0.05) is 11.8 Å². The molecular weight excluding hydrogens is 286 g/mol. The average molecular weight is 305 g/mol. The van der Waals surface area contributed by atoms with Crippen LogP contribution in [0.15, 0.2) is 24.3 Å². The van der Waals surface area contributed by atoms with E-state index in [1.54, 1.807) is 16.8 Å². The molecule has 0 amide bonds. The summed E-state index contributed by atoms with van der Waals surface area (Å²) < 4.78 is 7.15. The number of nitro benzene ring substituents is 1. The van der Waals surface area contributed by atoms with Crippen molar-refractivity contribution in [2.45, 2.75) is 33.4 Å². The van der Waals surface area contributed by atoms with Crippen molar-refractivity contribution < 1.29 is 14.8 Å². The summed E-state index contributed by atoms with van der Waals surface area (Å²) in [4.78, 5) is 10.2. The molecule has 0 spiro atoms. The first-order valence-corrected chi connectivity index (χ1v) is 6.94. The first kappa shape index (κ1) is 16.0. The van der Waals surface area contributed by atoms with E-state index in [-0.39, 0.29) is 12.3 Å². The van der Waals surface area contributed by atoms with Crippen LogP contribution in [-0.4, -0.2) is 32.5 Å². The minimum Gasteiger partial charge on any atom is -0.491 e. The third-order valence-electron chi connectivity index (χ3n) is 3.60. The van der Waals surface area contributed by atoms with Crippen molar-refractivity contribution in [1.82, 2.24) is 9.78 Å². The molecule has 7 heteroatoms. The highest BCUT2D eigenvalue weighted by Gasteiger charge is 2.13. The van der Waals surface area contributed by atoms with Gasteiger partial charge in [-0.3, -0.25) is 14.8 Å². The van der Waals surface area contributed by atoms with Crippen molar-refractivity contribution in [3.8, 4) is 5.75 Å². The molecule has 0 aliphatic heterocycles. The molecule has 118 valence electrons. The Labute approximate surface area is 128 Å². The van der Waals surface area contributed by atoms with Crippen LogP contribution in [0.4, 0.5) is 5.69 Å². The fraction of sp³-hybridized carbons (Fsp3) is 0.400. The van der Waals surface area contributed by atoms with Crippen molar-refractivity contribution in [3.63, 3.8) is 0 Å². The van der Waals surface area contributed by atoms with Gasteiger partial charge in [-0.05, 0) is 32.4 Å². The highest BCUT2D eigenvalue weighted by atomic mass is 16.6. The molecule has 1 heterocycles. The summed E-state index contributed by atoms with van der Waals surface area (Å²) in [6.45, 7) is 6.21. The van der Waals surface area contributed by atoms with Crippen molar-refractivity contribution in [1.29, 1.82) is 0 Å². The molecule has 2 rings (SSSR count). The lowest BCUT2D eigenvalue weighted by atomic mass is 10.2. The van der Waals surface area contributed by atoms with Gasteiger partial charge in [0.25, 0.3) is 5.69 Å². The number of ether oxygens (including phenoxy) is 1. The molecule has 0 saturated heterocycles. The van der Waals surface area contributed by atoms with E-state index in [0.29, 0.717) is 12.3 Å². The summed E-state index contributed by atoms with van der Waals surface area (Å²) in [6.07, 6.45) is -0.753. The van der Waals surface area contributed by atoms with Gasteiger partial charge >= 0.3 is 0 Å². The molecule has 0 fully saturated rings. The number of aryl methyl sites for hydroxylation is 1. The predicted octanol–water partition coefficient (Wildman–Crippen LogP) is 2.16. The van der Waals surface area contributed by atoms with E-state index in [9.17, 15) is 15.2 Å². The number of hydrogen-bond donors (Lipinski definition) is 1. The van der Waals surface area contributed by atoms with Gasteiger partial charge in [0.2, 0.25) is 0 Å². The SMILES string of the molecule is Cc1nn(CC(O)COc2cccc([N+](=O)[O-])c2)c(C)c1C. The number of non-ortho nitro benzene ring substituents is 1. The summed E-state index contributed by atoms with van der Waals surface area (Å²) in [5.41, 5.74) is 3.00. The number of aliphatic hydroxyl groups excluding tert-OH is 1. The van der Waals surface area contributed by atoms with E-state index < -0.39 is 11.0 Å². The van der Waals surface area contributed by atoms with Gasteiger partial charge in [0.05, 0.1) is 23.2 Å². The molecular formula is C15H19N3O4. The van der Waals surface area contributed by atoms with Crippen molar-refractivity contribution in [2.75, 3.05) is 6.61 Å². The van der Waals surface area contributed by atoms with Crippen LogP contribution in [-0.2, 0) is 6.54 Å². The van der Waals surface area contributed by atoms with Gasteiger partial charge in [-0.2, -0.15) is 5.10 Å². The molecule has 1 unspecified atom stereocenters. The first-order chi connectivity index (χ1) is 10.4. The van der Waals surface area contributed by atoms with Crippen molar-refractivity contribution in [2.24, 2.45) is 0 Å². The van der Waals surface area contributed by atoms with Crippen molar-refractivity contribution in [3.05, 3.63) is 51.3 Å². The zero-order valence-corrected chi connectivity index (χ0v) is 12.8. The lowest BCUT2D eigenvalue weighted by Crippen LogP contribution is -2.24. The number of rotatable bonds is 6. The van der Waals surface area contributed by atoms with Crippen LogP contribution < -0.4 is 4.74 Å². The molecule has 1 atom stereocenters.